The molecule has 0 atom stereocenters. The lowest BCUT2D eigenvalue weighted by molar-refractivity contribution is 1.14. The van der Waals surface area contributed by atoms with E-state index in [2.05, 4.69) is 42.6 Å². The Morgan fingerprint density at radius 1 is 1.25 bits per heavy atom. The summed E-state index contributed by atoms with van der Waals surface area (Å²) in [7, 11) is 0. The van der Waals surface area contributed by atoms with E-state index in [-0.39, 0.29) is 0 Å². The minimum absolute atomic E-state index is 0.731. The van der Waals surface area contributed by atoms with Gasteiger partial charge in [-0.2, -0.15) is 0 Å². The van der Waals surface area contributed by atoms with Gasteiger partial charge < -0.3 is 5.32 Å². The molecule has 0 radical (unpaired) electrons. The Hall–Kier alpha value is -0.710. The topological polar surface area (TPSA) is 12.0 Å². The van der Waals surface area contributed by atoms with Gasteiger partial charge in [-0.15, -0.1) is 0 Å². The van der Waals surface area contributed by atoms with Gasteiger partial charge in [0.2, 0.25) is 0 Å². The summed E-state index contributed by atoms with van der Waals surface area (Å²) in [6.07, 6.45) is 3.13. The number of nitrogens with one attached hydrogen (secondary N) is 1. The van der Waals surface area contributed by atoms with Crippen molar-refractivity contribution in [3.63, 3.8) is 0 Å². The molecule has 16 heavy (non-hydrogen) atoms. The first-order valence-corrected chi connectivity index (χ1v) is 6.66. The minimum Gasteiger partial charge on any atom is -0.331 e. The van der Waals surface area contributed by atoms with Crippen LogP contribution in [0.2, 0.25) is 0 Å². The van der Waals surface area contributed by atoms with Crippen LogP contribution in [0.15, 0.2) is 29.2 Å². The first kappa shape index (κ1) is 11.8. The smallest absolute Gasteiger partial charge is 0.143 e. The monoisotopic (exact) mass is 265 g/mol. The summed E-state index contributed by atoms with van der Waals surface area (Å²) in [6, 6.07) is 8.49. The zero-order chi connectivity index (χ0) is 11.5. The van der Waals surface area contributed by atoms with Gasteiger partial charge in [0, 0.05) is 4.91 Å². The maximum Gasteiger partial charge on any atom is 0.143 e. The molecule has 0 spiro atoms. The molecule has 0 aliphatic carbocycles. The fourth-order valence-corrected chi connectivity index (χ4v) is 2.90. The molecule has 0 aromatic heterocycles. The van der Waals surface area contributed by atoms with Crippen molar-refractivity contribution in [2.75, 3.05) is 0 Å². The standard InChI is InChI=1S/C12H11NS3/c1-2-8-3-5-9(6-4-8)7-10-11(14)13-12(15)16-10/h3-7H,2H2,1H3,(H,13,14,15). The Kier molecular flexibility index (Phi) is 3.74. The Balaban J connectivity index is 2.22. The summed E-state index contributed by atoms with van der Waals surface area (Å²) in [4.78, 5) is 1.76. The molecule has 1 aliphatic rings. The van der Waals surface area contributed by atoms with Crippen LogP contribution < -0.4 is 5.32 Å². The molecule has 1 heterocycles. The van der Waals surface area contributed by atoms with Crippen molar-refractivity contribution in [1.82, 2.24) is 5.32 Å². The Labute approximate surface area is 110 Å². The van der Waals surface area contributed by atoms with Crippen LogP contribution in [0.25, 0.3) is 6.08 Å². The fourth-order valence-electron chi connectivity index (χ4n) is 1.42. The van der Waals surface area contributed by atoms with E-state index in [1.807, 2.05) is 0 Å². The molecule has 0 amide bonds. The van der Waals surface area contributed by atoms with Crippen LogP contribution in [0.1, 0.15) is 18.1 Å². The molecule has 0 saturated carbocycles. The van der Waals surface area contributed by atoms with Crippen molar-refractivity contribution >= 4 is 51.6 Å². The third kappa shape index (κ3) is 2.70. The molecule has 1 fully saturated rings. The maximum absolute atomic E-state index is 5.18. The number of thioether (sulfide) groups is 1. The predicted molar refractivity (Wildman–Crippen MR) is 79.7 cm³/mol. The van der Waals surface area contributed by atoms with Crippen LogP contribution in [0.5, 0.6) is 0 Å². The van der Waals surface area contributed by atoms with Crippen molar-refractivity contribution in [2.24, 2.45) is 0 Å². The number of hydrogen-bond acceptors (Lipinski definition) is 3. The van der Waals surface area contributed by atoms with Gasteiger partial charge in [0.25, 0.3) is 0 Å². The normalized spacial score (nSPS) is 17.9. The molecule has 0 unspecified atom stereocenters. The molecule has 0 bridgehead atoms. The van der Waals surface area contributed by atoms with Crippen molar-refractivity contribution in [1.29, 1.82) is 0 Å². The van der Waals surface area contributed by atoms with E-state index in [4.69, 9.17) is 24.4 Å². The lowest BCUT2D eigenvalue weighted by Crippen LogP contribution is -2.15. The summed E-state index contributed by atoms with van der Waals surface area (Å²) < 4.78 is 0.737. The molecule has 1 saturated heterocycles. The average Bonchev–Trinajstić information content (AvgIpc) is 2.59. The first-order chi connectivity index (χ1) is 7.69. The summed E-state index contributed by atoms with van der Waals surface area (Å²) in [5.41, 5.74) is 2.51. The van der Waals surface area contributed by atoms with Gasteiger partial charge in [0.1, 0.15) is 9.31 Å². The minimum atomic E-state index is 0.731. The van der Waals surface area contributed by atoms with Gasteiger partial charge in [-0.25, -0.2) is 0 Å². The lowest BCUT2D eigenvalue weighted by Gasteiger charge is -1.99. The Morgan fingerprint density at radius 2 is 1.94 bits per heavy atom. The van der Waals surface area contributed by atoms with E-state index in [9.17, 15) is 0 Å². The second-order valence-electron chi connectivity index (χ2n) is 3.45. The zero-order valence-corrected chi connectivity index (χ0v) is 11.3. The zero-order valence-electron chi connectivity index (χ0n) is 8.82. The number of benzene rings is 1. The predicted octanol–water partition coefficient (Wildman–Crippen LogP) is 3.54. The quantitative estimate of drug-likeness (QED) is 0.648. The Bertz CT molecular complexity index is 460. The molecule has 1 aliphatic heterocycles. The Morgan fingerprint density at radius 3 is 2.44 bits per heavy atom. The largest absolute Gasteiger partial charge is 0.331 e. The van der Waals surface area contributed by atoms with Gasteiger partial charge in [-0.3, -0.25) is 0 Å². The molecule has 4 heteroatoms. The van der Waals surface area contributed by atoms with Gasteiger partial charge in [-0.05, 0) is 23.6 Å². The summed E-state index contributed by atoms with van der Waals surface area (Å²) in [5.74, 6) is 0. The van der Waals surface area contributed by atoms with Crippen LogP contribution in [-0.2, 0) is 6.42 Å². The molecular weight excluding hydrogens is 254 g/mol. The maximum atomic E-state index is 5.18. The van der Waals surface area contributed by atoms with Crippen molar-refractivity contribution in [2.45, 2.75) is 13.3 Å². The SMILES string of the molecule is CCc1ccc(C=C2SC(=S)NC2=S)cc1. The molecule has 1 N–H and O–H groups in total. The first-order valence-electron chi connectivity index (χ1n) is 5.03. The second kappa shape index (κ2) is 5.08. The molecule has 1 aromatic carbocycles. The molecule has 82 valence electrons. The third-order valence-electron chi connectivity index (χ3n) is 2.33. The van der Waals surface area contributed by atoms with Crippen molar-refractivity contribution in [3.05, 3.63) is 40.3 Å². The van der Waals surface area contributed by atoms with E-state index in [1.165, 1.54) is 17.3 Å². The molecular formula is C12H11NS3. The van der Waals surface area contributed by atoms with Crippen LogP contribution in [-0.4, -0.2) is 9.31 Å². The molecule has 1 nitrogen and oxygen atoms in total. The van der Waals surface area contributed by atoms with E-state index < -0.39 is 0 Å². The van der Waals surface area contributed by atoms with Crippen LogP contribution >= 0.6 is 36.2 Å². The number of rotatable bonds is 2. The van der Waals surface area contributed by atoms with E-state index in [0.717, 1.165) is 26.2 Å². The van der Waals surface area contributed by atoms with Crippen LogP contribution in [0, 0.1) is 0 Å². The average molecular weight is 265 g/mol. The lowest BCUT2D eigenvalue weighted by atomic mass is 10.1. The number of hydrogen-bond donors (Lipinski definition) is 1. The molecule has 2 rings (SSSR count). The van der Waals surface area contributed by atoms with E-state index in [1.54, 1.807) is 0 Å². The van der Waals surface area contributed by atoms with E-state index in [0.29, 0.717) is 0 Å². The van der Waals surface area contributed by atoms with Gasteiger partial charge in [0.05, 0.1) is 0 Å². The molecule has 1 aromatic rings. The highest BCUT2D eigenvalue weighted by Gasteiger charge is 2.17. The number of thiocarbonyl (C=S) groups is 2. The highest BCUT2D eigenvalue weighted by molar-refractivity contribution is 8.27. The summed E-state index contributed by atoms with van der Waals surface area (Å²) >= 11 is 11.7. The van der Waals surface area contributed by atoms with Crippen molar-refractivity contribution < 1.29 is 0 Å². The van der Waals surface area contributed by atoms with Gasteiger partial charge >= 0.3 is 0 Å². The summed E-state index contributed by atoms with van der Waals surface area (Å²) in [6.45, 7) is 2.15. The highest BCUT2D eigenvalue weighted by atomic mass is 32.2. The van der Waals surface area contributed by atoms with Gasteiger partial charge in [0.15, 0.2) is 0 Å². The van der Waals surface area contributed by atoms with Gasteiger partial charge in [-0.1, -0.05) is 67.4 Å². The third-order valence-corrected chi connectivity index (χ3v) is 3.96. The highest BCUT2D eigenvalue weighted by Crippen LogP contribution is 2.26. The van der Waals surface area contributed by atoms with Crippen LogP contribution in [0.3, 0.4) is 0 Å². The fraction of sp³-hybridized carbons (Fsp3) is 0.167. The number of aryl methyl sites for hydroxylation is 1. The van der Waals surface area contributed by atoms with Crippen LogP contribution in [0.4, 0.5) is 0 Å². The van der Waals surface area contributed by atoms with E-state index >= 15 is 0 Å². The summed E-state index contributed by atoms with van der Waals surface area (Å²) in [5, 5.41) is 2.97. The van der Waals surface area contributed by atoms with Crippen molar-refractivity contribution in [3.8, 4) is 0 Å². The second-order valence-corrected chi connectivity index (χ2v) is 5.57.